The first-order valence-corrected chi connectivity index (χ1v) is 9.75. The molecular formula is C23H28N2O. The topological polar surface area (TPSA) is 23.6 Å². The molecule has 3 atom stereocenters. The lowest BCUT2D eigenvalue weighted by molar-refractivity contribution is -0.138. The number of hydrogen-bond acceptors (Lipinski definition) is 2. The number of hydrogen-bond donors (Lipinski definition) is 0. The maximum absolute atomic E-state index is 13.3. The molecule has 1 fully saturated rings. The zero-order valence-corrected chi connectivity index (χ0v) is 15.8. The molecular weight excluding hydrogens is 320 g/mol. The van der Waals surface area contributed by atoms with Gasteiger partial charge in [-0.2, -0.15) is 0 Å². The van der Waals surface area contributed by atoms with E-state index in [9.17, 15) is 4.79 Å². The van der Waals surface area contributed by atoms with Crippen molar-refractivity contribution < 1.29 is 4.79 Å². The highest BCUT2D eigenvalue weighted by atomic mass is 16.2. The lowest BCUT2D eigenvalue weighted by atomic mass is 9.83. The third-order valence-electron chi connectivity index (χ3n) is 6.27. The number of carbonyl (C=O) groups is 1. The predicted octanol–water partition coefficient (Wildman–Crippen LogP) is 3.89. The van der Waals surface area contributed by atoms with Gasteiger partial charge in [-0.05, 0) is 50.0 Å². The van der Waals surface area contributed by atoms with Crippen LogP contribution in [0.2, 0.25) is 0 Å². The molecule has 4 rings (SSSR count). The summed E-state index contributed by atoms with van der Waals surface area (Å²) in [6, 6.07) is 19.7. The summed E-state index contributed by atoms with van der Waals surface area (Å²) < 4.78 is 0. The molecule has 0 saturated carbocycles. The van der Waals surface area contributed by atoms with Crippen molar-refractivity contribution >= 4 is 5.91 Å². The average Bonchev–Trinajstić information content (AvgIpc) is 2.69. The number of rotatable bonds is 2. The maximum atomic E-state index is 13.3. The first-order valence-electron chi connectivity index (χ1n) is 9.75. The molecule has 1 amide bonds. The van der Waals surface area contributed by atoms with Crippen LogP contribution in [0.5, 0.6) is 0 Å². The van der Waals surface area contributed by atoms with Crippen LogP contribution in [0.1, 0.15) is 42.4 Å². The first-order chi connectivity index (χ1) is 12.6. The fourth-order valence-electron chi connectivity index (χ4n) is 4.52. The van der Waals surface area contributed by atoms with Crippen LogP contribution in [0, 0.1) is 5.92 Å². The molecule has 136 valence electrons. The molecule has 26 heavy (non-hydrogen) atoms. The highest BCUT2D eigenvalue weighted by Gasteiger charge is 2.35. The van der Waals surface area contributed by atoms with Crippen LogP contribution >= 0.6 is 0 Å². The summed E-state index contributed by atoms with van der Waals surface area (Å²) >= 11 is 0. The Labute approximate surface area is 156 Å². The second-order valence-electron chi connectivity index (χ2n) is 7.93. The minimum absolute atomic E-state index is 0.169. The van der Waals surface area contributed by atoms with Gasteiger partial charge in [0.2, 0.25) is 5.91 Å². The van der Waals surface area contributed by atoms with Gasteiger partial charge in [-0.1, -0.05) is 54.6 Å². The van der Waals surface area contributed by atoms with Gasteiger partial charge in [0.1, 0.15) is 0 Å². The quantitative estimate of drug-likeness (QED) is 0.822. The summed E-state index contributed by atoms with van der Waals surface area (Å²) in [5.74, 6) is 0.789. The number of benzene rings is 2. The fraction of sp³-hybridized carbons (Fsp3) is 0.435. The van der Waals surface area contributed by atoms with Crippen molar-refractivity contribution in [1.82, 2.24) is 9.80 Å². The number of likely N-dealkylation sites (tertiary alicyclic amines) is 1. The standard InChI is InChI=1S/C23H28N2O/c1-17-14-19(12-13-24(17)2)23(26)25-15-20-10-6-7-11-21(20)22(16-25)18-8-4-3-5-9-18/h3-11,17,19,22H,12-16H2,1-2H3/t17-,19-,22+/m0/s1. The van der Waals surface area contributed by atoms with Gasteiger partial charge in [-0.15, -0.1) is 0 Å². The Bertz CT molecular complexity index is 773. The van der Waals surface area contributed by atoms with Crippen LogP contribution in [0.3, 0.4) is 0 Å². The SMILES string of the molecule is C[C@H]1C[C@@H](C(=O)N2Cc3ccccc3[C@@H](c3ccccc3)C2)CCN1C. The number of fused-ring (bicyclic) bond motifs is 1. The average molecular weight is 348 g/mol. The Balaban J connectivity index is 1.60. The molecule has 2 aromatic rings. The maximum Gasteiger partial charge on any atom is 0.226 e. The Morgan fingerprint density at radius 2 is 1.77 bits per heavy atom. The zero-order chi connectivity index (χ0) is 18.1. The van der Waals surface area contributed by atoms with Crippen LogP contribution in [-0.2, 0) is 11.3 Å². The Kier molecular flexibility index (Phi) is 4.82. The van der Waals surface area contributed by atoms with E-state index < -0.39 is 0 Å². The molecule has 2 aromatic carbocycles. The van der Waals surface area contributed by atoms with Crippen LogP contribution in [-0.4, -0.2) is 41.9 Å². The summed E-state index contributed by atoms with van der Waals surface area (Å²) in [5, 5.41) is 0. The van der Waals surface area contributed by atoms with Crippen LogP contribution < -0.4 is 0 Å². The van der Waals surface area contributed by atoms with Crippen molar-refractivity contribution in [2.75, 3.05) is 20.1 Å². The van der Waals surface area contributed by atoms with Crippen molar-refractivity contribution in [2.45, 2.75) is 38.3 Å². The molecule has 0 N–H and O–H groups in total. The number of nitrogens with zero attached hydrogens (tertiary/aromatic N) is 2. The minimum Gasteiger partial charge on any atom is -0.337 e. The summed E-state index contributed by atoms with van der Waals surface area (Å²) in [7, 11) is 2.16. The molecule has 0 bridgehead atoms. The molecule has 0 aliphatic carbocycles. The van der Waals surface area contributed by atoms with Gasteiger partial charge < -0.3 is 9.80 Å². The third kappa shape index (κ3) is 3.28. The van der Waals surface area contributed by atoms with Crippen molar-refractivity contribution in [2.24, 2.45) is 5.92 Å². The van der Waals surface area contributed by atoms with Crippen LogP contribution in [0.15, 0.2) is 54.6 Å². The summed E-state index contributed by atoms with van der Waals surface area (Å²) in [5.41, 5.74) is 3.97. The van der Waals surface area contributed by atoms with Gasteiger partial charge in [0.05, 0.1) is 0 Å². The lowest BCUT2D eigenvalue weighted by Gasteiger charge is -2.40. The fourth-order valence-corrected chi connectivity index (χ4v) is 4.52. The Morgan fingerprint density at radius 3 is 2.54 bits per heavy atom. The molecule has 0 spiro atoms. The van der Waals surface area contributed by atoms with Crippen LogP contribution in [0.4, 0.5) is 0 Å². The van der Waals surface area contributed by atoms with E-state index in [4.69, 9.17) is 0 Å². The summed E-state index contributed by atoms with van der Waals surface area (Å²) in [6.45, 7) is 4.79. The van der Waals surface area contributed by atoms with E-state index in [1.54, 1.807) is 0 Å². The molecule has 0 unspecified atom stereocenters. The van der Waals surface area contributed by atoms with Gasteiger partial charge >= 0.3 is 0 Å². The molecule has 1 saturated heterocycles. The van der Waals surface area contributed by atoms with Gasteiger partial charge in [0.15, 0.2) is 0 Å². The smallest absolute Gasteiger partial charge is 0.226 e. The highest BCUT2D eigenvalue weighted by Crippen LogP contribution is 2.35. The van der Waals surface area contributed by atoms with Crippen molar-refractivity contribution in [1.29, 1.82) is 0 Å². The van der Waals surface area contributed by atoms with Crippen molar-refractivity contribution in [3.63, 3.8) is 0 Å². The van der Waals surface area contributed by atoms with Crippen molar-refractivity contribution in [3.05, 3.63) is 71.3 Å². The normalized spacial score (nSPS) is 26.4. The first kappa shape index (κ1) is 17.3. The second kappa shape index (κ2) is 7.24. The number of carbonyl (C=O) groups excluding carboxylic acids is 1. The van der Waals surface area contributed by atoms with Gasteiger partial charge in [0.25, 0.3) is 0 Å². The molecule has 2 aliphatic rings. The van der Waals surface area contributed by atoms with Gasteiger partial charge in [-0.25, -0.2) is 0 Å². The molecule has 3 heteroatoms. The van der Waals surface area contributed by atoms with E-state index >= 15 is 0 Å². The molecule has 2 aliphatic heterocycles. The lowest BCUT2D eigenvalue weighted by Crippen LogP contribution is -2.47. The largest absolute Gasteiger partial charge is 0.337 e. The molecule has 0 radical (unpaired) electrons. The molecule has 0 aromatic heterocycles. The molecule has 3 nitrogen and oxygen atoms in total. The Morgan fingerprint density at radius 1 is 1.04 bits per heavy atom. The molecule has 2 heterocycles. The third-order valence-corrected chi connectivity index (χ3v) is 6.27. The monoisotopic (exact) mass is 348 g/mol. The minimum atomic E-state index is 0.169. The highest BCUT2D eigenvalue weighted by molar-refractivity contribution is 5.79. The Hall–Kier alpha value is -2.13. The van der Waals surface area contributed by atoms with E-state index in [-0.39, 0.29) is 11.8 Å². The van der Waals surface area contributed by atoms with Gasteiger partial charge in [0, 0.05) is 31.0 Å². The predicted molar refractivity (Wildman–Crippen MR) is 105 cm³/mol. The second-order valence-corrected chi connectivity index (χ2v) is 7.93. The van der Waals surface area contributed by atoms with Gasteiger partial charge in [-0.3, -0.25) is 4.79 Å². The van der Waals surface area contributed by atoms with Crippen molar-refractivity contribution in [3.8, 4) is 0 Å². The number of amides is 1. The summed E-state index contributed by atoms with van der Waals surface area (Å²) in [4.78, 5) is 17.8. The van der Waals surface area contributed by atoms with E-state index in [0.717, 1.165) is 32.5 Å². The zero-order valence-electron chi connectivity index (χ0n) is 15.8. The van der Waals surface area contributed by atoms with E-state index in [1.165, 1.54) is 16.7 Å². The number of piperidine rings is 1. The summed E-state index contributed by atoms with van der Waals surface area (Å²) in [6.07, 6.45) is 1.96. The van der Waals surface area contributed by atoms with E-state index in [2.05, 4.69) is 78.4 Å². The van der Waals surface area contributed by atoms with Crippen LogP contribution in [0.25, 0.3) is 0 Å². The van der Waals surface area contributed by atoms with E-state index in [1.807, 2.05) is 0 Å². The van der Waals surface area contributed by atoms with E-state index in [0.29, 0.717) is 11.9 Å².